The molecule has 3 atom stereocenters. The molecule has 3 rings (SSSR count). The summed E-state index contributed by atoms with van der Waals surface area (Å²) in [5.41, 5.74) is 6.48. The summed E-state index contributed by atoms with van der Waals surface area (Å²) >= 11 is 3.43. The van der Waals surface area contributed by atoms with Crippen LogP contribution >= 0.6 is 15.9 Å². The second-order valence-corrected chi connectivity index (χ2v) is 9.37. The van der Waals surface area contributed by atoms with Gasteiger partial charge in [0.1, 0.15) is 0 Å². The number of benzene rings is 2. The van der Waals surface area contributed by atoms with Crippen LogP contribution in [0.3, 0.4) is 0 Å². The van der Waals surface area contributed by atoms with Crippen molar-refractivity contribution in [3.8, 4) is 0 Å². The molecule has 1 aliphatic rings. The van der Waals surface area contributed by atoms with Gasteiger partial charge in [-0.3, -0.25) is 0 Å². The van der Waals surface area contributed by atoms with Crippen molar-refractivity contribution in [2.45, 2.75) is 23.0 Å². The zero-order valence-electron chi connectivity index (χ0n) is 14.1. The fourth-order valence-electron chi connectivity index (χ4n) is 3.64. The van der Waals surface area contributed by atoms with E-state index in [0.29, 0.717) is 18.1 Å². The first-order valence-electron chi connectivity index (χ1n) is 8.29. The number of rotatable bonds is 7. The fraction of sp³-hybridized carbons (Fsp3) is 0.368. The molecule has 0 aromatic heterocycles. The molecule has 0 spiro atoms. The van der Waals surface area contributed by atoms with Crippen molar-refractivity contribution in [2.75, 3.05) is 19.8 Å². The van der Waals surface area contributed by atoms with E-state index in [0.717, 1.165) is 10.0 Å². The summed E-state index contributed by atoms with van der Waals surface area (Å²) < 4.78 is 33.1. The van der Waals surface area contributed by atoms with Crippen LogP contribution < -0.4 is 5.73 Å². The van der Waals surface area contributed by atoms with Gasteiger partial charge in [0.05, 0.1) is 16.8 Å². The Morgan fingerprint density at radius 3 is 2.32 bits per heavy atom. The first-order valence-corrected chi connectivity index (χ1v) is 10.6. The minimum absolute atomic E-state index is 0.164. The predicted molar refractivity (Wildman–Crippen MR) is 102 cm³/mol. The maximum Gasteiger partial charge on any atom is 0.182 e. The molecule has 0 heterocycles. The Balaban J connectivity index is 2.04. The van der Waals surface area contributed by atoms with Gasteiger partial charge in [-0.1, -0.05) is 46.3 Å². The molecule has 0 unspecified atom stereocenters. The molecule has 134 valence electrons. The average molecular weight is 424 g/mol. The Morgan fingerprint density at radius 2 is 1.76 bits per heavy atom. The van der Waals surface area contributed by atoms with Crippen LogP contribution in [0.15, 0.2) is 64.0 Å². The minimum Gasteiger partial charge on any atom is -0.381 e. The number of halogens is 1. The molecule has 0 amide bonds. The Bertz CT molecular complexity index is 824. The molecule has 1 fully saturated rings. The Morgan fingerprint density at radius 1 is 1.12 bits per heavy atom. The lowest BCUT2D eigenvalue weighted by Gasteiger charge is -2.16. The lowest BCUT2D eigenvalue weighted by molar-refractivity contribution is 0.101. The molecule has 0 aliphatic heterocycles. The van der Waals surface area contributed by atoms with E-state index >= 15 is 0 Å². The topological polar surface area (TPSA) is 69.4 Å². The molecule has 1 aliphatic carbocycles. The van der Waals surface area contributed by atoms with Gasteiger partial charge in [-0.25, -0.2) is 8.42 Å². The SMILES string of the molecule is CCOC[C@]1(CN)[C@H](c2ccc(Br)cc2)[C@@H]1S(=O)(=O)c1ccccc1. The van der Waals surface area contributed by atoms with Gasteiger partial charge in [-0.15, -0.1) is 0 Å². The van der Waals surface area contributed by atoms with E-state index in [1.54, 1.807) is 24.3 Å². The van der Waals surface area contributed by atoms with Crippen LogP contribution in [0, 0.1) is 5.41 Å². The van der Waals surface area contributed by atoms with Crippen molar-refractivity contribution >= 4 is 25.8 Å². The highest BCUT2D eigenvalue weighted by Gasteiger charge is 2.70. The molecule has 6 heteroatoms. The van der Waals surface area contributed by atoms with Gasteiger partial charge in [0.2, 0.25) is 0 Å². The standard InChI is InChI=1S/C19H22BrNO3S/c1-2-24-13-19(12-21)17(14-8-10-15(20)11-9-14)18(19)25(22,23)16-6-4-3-5-7-16/h3-11,17-18H,2,12-13,21H2,1H3/t17-,18+,19-/m1/s1. The molecule has 1 saturated carbocycles. The van der Waals surface area contributed by atoms with Crippen LogP contribution in [-0.4, -0.2) is 33.4 Å². The van der Waals surface area contributed by atoms with Crippen LogP contribution in [0.5, 0.6) is 0 Å². The monoisotopic (exact) mass is 423 g/mol. The highest BCUT2D eigenvalue weighted by atomic mass is 79.9. The van der Waals surface area contributed by atoms with Crippen molar-refractivity contribution in [3.05, 3.63) is 64.6 Å². The van der Waals surface area contributed by atoms with E-state index in [1.165, 1.54) is 0 Å². The number of ether oxygens (including phenoxy) is 1. The third-order valence-corrected chi connectivity index (χ3v) is 7.84. The zero-order valence-corrected chi connectivity index (χ0v) is 16.5. The maximum atomic E-state index is 13.3. The summed E-state index contributed by atoms with van der Waals surface area (Å²) in [5, 5.41) is -0.569. The van der Waals surface area contributed by atoms with Crippen LogP contribution in [0.2, 0.25) is 0 Å². The van der Waals surface area contributed by atoms with Gasteiger partial charge in [0.25, 0.3) is 0 Å². The third kappa shape index (κ3) is 3.28. The van der Waals surface area contributed by atoms with Gasteiger partial charge in [-0.2, -0.15) is 0 Å². The van der Waals surface area contributed by atoms with Crippen molar-refractivity contribution in [1.82, 2.24) is 0 Å². The third-order valence-electron chi connectivity index (χ3n) is 4.97. The van der Waals surface area contributed by atoms with E-state index in [2.05, 4.69) is 15.9 Å². The summed E-state index contributed by atoms with van der Waals surface area (Å²) in [6, 6.07) is 16.4. The second kappa shape index (κ2) is 7.19. The first kappa shape index (κ1) is 18.6. The molecule has 0 radical (unpaired) electrons. The van der Waals surface area contributed by atoms with Gasteiger partial charge in [0.15, 0.2) is 9.84 Å². The summed E-state index contributed by atoms with van der Waals surface area (Å²) in [7, 11) is -3.50. The summed E-state index contributed by atoms with van der Waals surface area (Å²) in [6.45, 7) is 3.05. The number of sulfone groups is 1. The zero-order chi connectivity index (χ0) is 18.1. The highest BCUT2D eigenvalue weighted by molar-refractivity contribution is 9.10. The Kier molecular flexibility index (Phi) is 5.34. The van der Waals surface area contributed by atoms with Gasteiger partial charge < -0.3 is 10.5 Å². The molecule has 2 aromatic carbocycles. The van der Waals surface area contributed by atoms with Crippen LogP contribution in [0.1, 0.15) is 18.4 Å². The number of nitrogens with two attached hydrogens (primary N) is 1. The Hall–Kier alpha value is -1.21. The normalized spacial score (nSPS) is 25.7. The van der Waals surface area contributed by atoms with E-state index in [4.69, 9.17) is 10.5 Å². The quantitative estimate of drug-likeness (QED) is 0.740. The number of hydrogen-bond donors (Lipinski definition) is 1. The molecular weight excluding hydrogens is 402 g/mol. The molecule has 4 nitrogen and oxygen atoms in total. The van der Waals surface area contributed by atoms with Gasteiger partial charge >= 0.3 is 0 Å². The van der Waals surface area contributed by atoms with Gasteiger partial charge in [0, 0.05) is 29.0 Å². The van der Waals surface area contributed by atoms with Crippen molar-refractivity contribution in [1.29, 1.82) is 0 Å². The Labute approximate surface area is 157 Å². The largest absolute Gasteiger partial charge is 0.381 e. The van der Waals surface area contributed by atoms with Crippen molar-refractivity contribution < 1.29 is 13.2 Å². The van der Waals surface area contributed by atoms with E-state index in [9.17, 15) is 8.42 Å². The summed E-state index contributed by atoms with van der Waals surface area (Å²) in [5.74, 6) is -0.164. The molecular formula is C19H22BrNO3S. The molecule has 25 heavy (non-hydrogen) atoms. The number of hydrogen-bond acceptors (Lipinski definition) is 4. The van der Waals surface area contributed by atoms with E-state index in [-0.39, 0.29) is 12.5 Å². The second-order valence-electron chi connectivity index (χ2n) is 6.38. The predicted octanol–water partition coefficient (Wildman–Crippen LogP) is 3.37. The summed E-state index contributed by atoms with van der Waals surface area (Å²) in [6.07, 6.45) is 0. The van der Waals surface area contributed by atoms with E-state index in [1.807, 2.05) is 37.3 Å². The highest BCUT2D eigenvalue weighted by Crippen LogP contribution is 2.63. The average Bonchev–Trinajstić information content (AvgIpc) is 3.31. The van der Waals surface area contributed by atoms with Gasteiger partial charge in [-0.05, 0) is 36.8 Å². The summed E-state index contributed by atoms with van der Waals surface area (Å²) in [4.78, 5) is 0.342. The fourth-order valence-corrected chi connectivity index (χ4v) is 6.37. The van der Waals surface area contributed by atoms with Crippen LogP contribution in [0.4, 0.5) is 0 Å². The van der Waals surface area contributed by atoms with Crippen LogP contribution in [0.25, 0.3) is 0 Å². The molecule has 2 aromatic rings. The van der Waals surface area contributed by atoms with E-state index < -0.39 is 20.5 Å². The molecule has 0 bridgehead atoms. The molecule has 0 saturated heterocycles. The lowest BCUT2D eigenvalue weighted by atomic mass is 10.00. The van der Waals surface area contributed by atoms with Crippen molar-refractivity contribution in [3.63, 3.8) is 0 Å². The first-order chi connectivity index (χ1) is 12.0. The van der Waals surface area contributed by atoms with Crippen LogP contribution in [-0.2, 0) is 14.6 Å². The van der Waals surface area contributed by atoms with Crippen molar-refractivity contribution in [2.24, 2.45) is 11.1 Å². The maximum absolute atomic E-state index is 13.3. The lowest BCUT2D eigenvalue weighted by Crippen LogP contribution is -2.29. The minimum atomic E-state index is -3.50. The smallest absolute Gasteiger partial charge is 0.182 e. The molecule has 2 N–H and O–H groups in total.